The Labute approximate surface area is 60.1 Å². The molecule has 0 spiro atoms. The Hall–Kier alpha value is -0.660. The maximum absolute atomic E-state index is 9.94. The largest absolute Gasteiger partial charge is 0.382 e. The fourth-order valence-corrected chi connectivity index (χ4v) is 1.24. The van der Waals surface area contributed by atoms with E-state index in [2.05, 4.69) is 4.99 Å². The maximum Gasteiger partial charge on any atom is 0.235 e. The zero-order chi connectivity index (χ0) is 7.45. The summed E-state index contributed by atoms with van der Waals surface area (Å²) in [5.41, 5.74) is -0.198. The Morgan fingerprint density at radius 3 is 2.70 bits per heavy atom. The molecule has 0 aromatic heterocycles. The van der Waals surface area contributed by atoms with E-state index in [1.165, 1.54) is 0 Å². The first-order valence-corrected chi connectivity index (χ1v) is 3.41. The monoisotopic (exact) mass is 141 g/mol. The molecular weight excluding hydrogens is 130 g/mol. The predicted molar refractivity (Wildman–Crippen MR) is 36.6 cm³/mol. The summed E-state index contributed by atoms with van der Waals surface area (Å²) < 4.78 is 4.93. The van der Waals surface area contributed by atoms with Crippen molar-refractivity contribution in [2.24, 2.45) is 4.99 Å². The van der Waals surface area contributed by atoms with Gasteiger partial charge >= 0.3 is 0 Å². The number of rotatable bonds is 3. The zero-order valence-corrected chi connectivity index (χ0v) is 6.09. The fraction of sp³-hybridized carbons (Fsp3) is 0.857. The Kier molecular flexibility index (Phi) is 2.20. The highest BCUT2D eigenvalue weighted by Gasteiger charge is 2.36. The van der Waals surface area contributed by atoms with Gasteiger partial charge in [-0.3, -0.25) is 0 Å². The summed E-state index contributed by atoms with van der Waals surface area (Å²) in [6, 6.07) is 0. The number of ether oxygens (including phenoxy) is 1. The molecule has 1 aliphatic rings. The number of hydrogen-bond donors (Lipinski definition) is 0. The predicted octanol–water partition coefficient (Wildman–Crippen LogP) is 0.891. The first kappa shape index (κ1) is 7.45. The standard InChI is InChI=1S/C7H11NO2/c1-10-5-7(8-6-9)3-2-4-7/h2-5H2,1H3. The van der Waals surface area contributed by atoms with Crippen LogP contribution in [0.4, 0.5) is 0 Å². The molecule has 3 nitrogen and oxygen atoms in total. The molecule has 1 aliphatic carbocycles. The van der Waals surface area contributed by atoms with Gasteiger partial charge in [-0.2, -0.15) is 4.99 Å². The van der Waals surface area contributed by atoms with Crippen molar-refractivity contribution in [3.63, 3.8) is 0 Å². The van der Waals surface area contributed by atoms with Gasteiger partial charge in [0.15, 0.2) is 0 Å². The average molecular weight is 141 g/mol. The Morgan fingerprint density at radius 2 is 2.40 bits per heavy atom. The molecular formula is C7H11NO2. The highest BCUT2D eigenvalue weighted by atomic mass is 16.5. The van der Waals surface area contributed by atoms with Crippen molar-refractivity contribution in [1.82, 2.24) is 0 Å². The van der Waals surface area contributed by atoms with Crippen LogP contribution >= 0.6 is 0 Å². The van der Waals surface area contributed by atoms with E-state index in [4.69, 9.17) is 4.74 Å². The van der Waals surface area contributed by atoms with Gasteiger partial charge in [0.25, 0.3) is 0 Å². The number of carbonyl (C=O) groups excluding carboxylic acids is 1. The fourth-order valence-electron chi connectivity index (χ4n) is 1.24. The number of hydrogen-bond acceptors (Lipinski definition) is 3. The third-order valence-electron chi connectivity index (χ3n) is 1.98. The minimum Gasteiger partial charge on any atom is -0.382 e. The minimum atomic E-state index is -0.198. The van der Waals surface area contributed by atoms with Crippen molar-refractivity contribution < 1.29 is 9.53 Å². The molecule has 10 heavy (non-hydrogen) atoms. The van der Waals surface area contributed by atoms with Crippen LogP contribution in [-0.4, -0.2) is 25.3 Å². The molecule has 0 saturated heterocycles. The summed E-state index contributed by atoms with van der Waals surface area (Å²) in [5, 5.41) is 0. The van der Waals surface area contributed by atoms with E-state index in [0.717, 1.165) is 19.3 Å². The molecule has 0 radical (unpaired) electrons. The van der Waals surface area contributed by atoms with Crippen LogP contribution in [0.15, 0.2) is 4.99 Å². The Bertz CT molecular complexity index is 157. The number of nitrogens with zero attached hydrogens (tertiary/aromatic N) is 1. The molecule has 0 N–H and O–H groups in total. The van der Waals surface area contributed by atoms with Gasteiger partial charge in [0.2, 0.25) is 6.08 Å². The summed E-state index contributed by atoms with van der Waals surface area (Å²) in [6.07, 6.45) is 4.67. The number of aliphatic imine (C=N–C) groups is 1. The molecule has 0 aromatic rings. The van der Waals surface area contributed by atoms with Gasteiger partial charge in [-0.25, -0.2) is 4.79 Å². The highest BCUT2D eigenvalue weighted by Crippen LogP contribution is 2.35. The lowest BCUT2D eigenvalue weighted by Gasteiger charge is -2.35. The van der Waals surface area contributed by atoms with Crippen molar-refractivity contribution in [1.29, 1.82) is 0 Å². The van der Waals surface area contributed by atoms with E-state index in [1.54, 1.807) is 13.2 Å². The molecule has 0 heterocycles. The van der Waals surface area contributed by atoms with Crippen LogP contribution in [0.3, 0.4) is 0 Å². The summed E-state index contributed by atoms with van der Waals surface area (Å²) in [4.78, 5) is 13.7. The second kappa shape index (κ2) is 2.95. The lowest BCUT2D eigenvalue weighted by Crippen LogP contribution is -2.39. The van der Waals surface area contributed by atoms with E-state index >= 15 is 0 Å². The quantitative estimate of drug-likeness (QED) is 0.432. The van der Waals surface area contributed by atoms with E-state index in [9.17, 15) is 4.79 Å². The van der Waals surface area contributed by atoms with Gasteiger partial charge in [0.05, 0.1) is 12.1 Å². The van der Waals surface area contributed by atoms with Crippen molar-refractivity contribution >= 4 is 6.08 Å². The minimum absolute atomic E-state index is 0.198. The smallest absolute Gasteiger partial charge is 0.235 e. The summed E-state index contributed by atoms with van der Waals surface area (Å²) in [5.74, 6) is 0. The second-order valence-corrected chi connectivity index (χ2v) is 2.71. The molecule has 0 aromatic carbocycles. The van der Waals surface area contributed by atoms with E-state index < -0.39 is 0 Å². The molecule has 56 valence electrons. The van der Waals surface area contributed by atoms with Gasteiger partial charge in [-0.05, 0) is 19.3 Å². The summed E-state index contributed by atoms with van der Waals surface area (Å²) in [6.45, 7) is 0.558. The van der Waals surface area contributed by atoms with E-state index in [0.29, 0.717) is 6.61 Å². The SMILES string of the molecule is COCC1(N=C=O)CCC1. The van der Waals surface area contributed by atoms with Crippen molar-refractivity contribution in [3.05, 3.63) is 0 Å². The highest BCUT2D eigenvalue weighted by molar-refractivity contribution is 5.35. The Morgan fingerprint density at radius 1 is 1.70 bits per heavy atom. The van der Waals surface area contributed by atoms with Crippen molar-refractivity contribution in [3.8, 4) is 0 Å². The lowest BCUT2D eigenvalue weighted by atomic mass is 9.78. The molecule has 0 unspecified atom stereocenters. The van der Waals surface area contributed by atoms with Crippen LogP contribution in [0, 0.1) is 0 Å². The van der Waals surface area contributed by atoms with E-state index in [1.807, 2.05) is 0 Å². The van der Waals surface area contributed by atoms with Crippen molar-refractivity contribution in [2.75, 3.05) is 13.7 Å². The van der Waals surface area contributed by atoms with Crippen LogP contribution in [-0.2, 0) is 9.53 Å². The molecule has 0 atom stereocenters. The molecule has 1 rings (SSSR count). The molecule has 0 amide bonds. The molecule has 1 fully saturated rings. The topological polar surface area (TPSA) is 38.7 Å². The lowest BCUT2D eigenvalue weighted by molar-refractivity contribution is 0.0864. The van der Waals surface area contributed by atoms with Crippen LogP contribution in [0.2, 0.25) is 0 Å². The molecule has 3 heteroatoms. The normalized spacial score (nSPS) is 20.9. The summed E-state index contributed by atoms with van der Waals surface area (Å²) >= 11 is 0. The average Bonchev–Trinajstić information content (AvgIpc) is 1.84. The number of methoxy groups -OCH3 is 1. The first-order chi connectivity index (χ1) is 4.83. The van der Waals surface area contributed by atoms with Crippen LogP contribution in [0.5, 0.6) is 0 Å². The van der Waals surface area contributed by atoms with E-state index in [-0.39, 0.29) is 5.54 Å². The first-order valence-electron chi connectivity index (χ1n) is 3.41. The van der Waals surface area contributed by atoms with Crippen LogP contribution in [0.25, 0.3) is 0 Å². The Balaban J connectivity index is 2.50. The number of isocyanates is 1. The molecule has 0 bridgehead atoms. The van der Waals surface area contributed by atoms with Gasteiger partial charge in [0.1, 0.15) is 0 Å². The van der Waals surface area contributed by atoms with Crippen LogP contribution in [0.1, 0.15) is 19.3 Å². The van der Waals surface area contributed by atoms with Crippen LogP contribution < -0.4 is 0 Å². The van der Waals surface area contributed by atoms with Gasteiger partial charge in [0, 0.05) is 7.11 Å². The summed E-state index contributed by atoms with van der Waals surface area (Å²) in [7, 11) is 1.63. The van der Waals surface area contributed by atoms with Gasteiger partial charge in [-0.1, -0.05) is 0 Å². The van der Waals surface area contributed by atoms with Crippen molar-refractivity contribution in [2.45, 2.75) is 24.8 Å². The van der Waals surface area contributed by atoms with Gasteiger partial charge < -0.3 is 4.74 Å². The third kappa shape index (κ3) is 1.25. The second-order valence-electron chi connectivity index (χ2n) is 2.71. The molecule has 1 saturated carbocycles. The maximum atomic E-state index is 9.94. The zero-order valence-electron chi connectivity index (χ0n) is 6.09. The molecule has 0 aliphatic heterocycles. The third-order valence-corrected chi connectivity index (χ3v) is 1.98. The van der Waals surface area contributed by atoms with Gasteiger partial charge in [-0.15, -0.1) is 0 Å².